The second kappa shape index (κ2) is 2.17. The highest BCUT2D eigenvalue weighted by molar-refractivity contribution is 9.11. The van der Waals surface area contributed by atoms with Crippen LogP contribution in [-0.4, -0.2) is 12.3 Å². The first-order valence-corrected chi connectivity index (χ1v) is 2.84. The zero-order chi connectivity index (χ0) is 5.98. The maximum atomic E-state index is 9.99. The van der Waals surface area contributed by atoms with Crippen molar-refractivity contribution in [2.24, 2.45) is 10.2 Å². The molecule has 0 aromatic rings. The monoisotopic (exact) mass is 174 g/mol. The first kappa shape index (κ1) is 5.62. The molecule has 0 bridgehead atoms. The van der Waals surface area contributed by atoms with Crippen LogP contribution in [0.5, 0.6) is 0 Å². The van der Waals surface area contributed by atoms with Crippen molar-refractivity contribution in [3.8, 4) is 0 Å². The molecule has 0 saturated heterocycles. The van der Waals surface area contributed by atoms with Gasteiger partial charge in [-0.1, -0.05) is 15.9 Å². The number of aldehydes is 1. The van der Waals surface area contributed by atoms with Crippen LogP contribution in [0.4, 0.5) is 0 Å². The largest absolute Gasteiger partial charge is 0.300 e. The summed E-state index contributed by atoms with van der Waals surface area (Å²) in [6, 6.07) is -0.380. The predicted molar refractivity (Wildman–Crippen MR) is 31.7 cm³/mol. The van der Waals surface area contributed by atoms with Crippen LogP contribution >= 0.6 is 15.9 Å². The van der Waals surface area contributed by atoms with Crippen molar-refractivity contribution < 1.29 is 4.79 Å². The van der Waals surface area contributed by atoms with E-state index in [1.165, 1.54) is 6.20 Å². The summed E-state index contributed by atoms with van der Waals surface area (Å²) in [5, 5.41) is 7.05. The van der Waals surface area contributed by atoms with Crippen LogP contribution in [0.1, 0.15) is 0 Å². The average molecular weight is 175 g/mol. The molecule has 0 amide bonds. The fourth-order valence-electron chi connectivity index (χ4n) is 0.384. The number of hydrogen-bond acceptors (Lipinski definition) is 3. The number of rotatable bonds is 1. The van der Waals surface area contributed by atoms with E-state index in [0.29, 0.717) is 0 Å². The smallest absolute Gasteiger partial charge is 0.159 e. The molecule has 0 aliphatic carbocycles. The summed E-state index contributed by atoms with van der Waals surface area (Å²) in [4.78, 5) is 9.99. The molecule has 0 unspecified atom stereocenters. The molecule has 3 nitrogen and oxygen atoms in total. The Morgan fingerprint density at radius 1 is 1.88 bits per heavy atom. The molecule has 0 saturated carbocycles. The maximum absolute atomic E-state index is 9.99. The van der Waals surface area contributed by atoms with E-state index in [0.717, 1.165) is 10.8 Å². The van der Waals surface area contributed by atoms with Gasteiger partial charge in [-0.2, -0.15) is 10.2 Å². The third-order valence-corrected chi connectivity index (χ3v) is 1.46. The standard InChI is InChI=1S/C4H3BrN2O/c5-3-1-6-7-4(3)2-8/h1-2,4H/t4-/m1/s1. The van der Waals surface area contributed by atoms with E-state index in [1.807, 2.05) is 0 Å². The molecule has 1 aliphatic rings. The van der Waals surface area contributed by atoms with E-state index >= 15 is 0 Å². The molecule has 42 valence electrons. The number of carbonyl (C=O) groups is 1. The summed E-state index contributed by atoms with van der Waals surface area (Å²) < 4.78 is 0.729. The zero-order valence-corrected chi connectivity index (χ0v) is 5.50. The molecule has 0 spiro atoms. The van der Waals surface area contributed by atoms with Crippen LogP contribution in [0, 0.1) is 0 Å². The Balaban J connectivity index is 2.71. The SMILES string of the molecule is O=C[C@H]1N=NC=C1Br. The van der Waals surface area contributed by atoms with E-state index in [-0.39, 0.29) is 6.04 Å². The minimum absolute atomic E-state index is 0.380. The highest BCUT2D eigenvalue weighted by atomic mass is 79.9. The van der Waals surface area contributed by atoms with Crippen molar-refractivity contribution in [2.75, 3.05) is 0 Å². The summed E-state index contributed by atoms with van der Waals surface area (Å²) in [5.41, 5.74) is 0. The van der Waals surface area contributed by atoms with E-state index < -0.39 is 0 Å². The molecule has 4 heteroatoms. The first-order valence-electron chi connectivity index (χ1n) is 2.05. The highest BCUT2D eigenvalue weighted by Crippen LogP contribution is 2.18. The van der Waals surface area contributed by atoms with Gasteiger partial charge in [0.2, 0.25) is 0 Å². The fraction of sp³-hybridized carbons (Fsp3) is 0.250. The summed E-state index contributed by atoms with van der Waals surface area (Å²) in [7, 11) is 0. The van der Waals surface area contributed by atoms with E-state index in [2.05, 4.69) is 26.2 Å². The van der Waals surface area contributed by atoms with Gasteiger partial charge >= 0.3 is 0 Å². The number of nitrogens with zero attached hydrogens (tertiary/aromatic N) is 2. The normalized spacial score (nSPS) is 25.6. The molecular formula is C4H3BrN2O. The van der Waals surface area contributed by atoms with Crippen molar-refractivity contribution in [3.63, 3.8) is 0 Å². The molecule has 1 atom stereocenters. The van der Waals surface area contributed by atoms with Crippen molar-refractivity contribution in [3.05, 3.63) is 10.7 Å². The lowest BCUT2D eigenvalue weighted by Crippen LogP contribution is -2.00. The van der Waals surface area contributed by atoms with Gasteiger partial charge in [0.1, 0.15) is 0 Å². The molecule has 0 fully saturated rings. The zero-order valence-electron chi connectivity index (χ0n) is 3.91. The summed E-state index contributed by atoms with van der Waals surface area (Å²) in [6.45, 7) is 0. The predicted octanol–water partition coefficient (Wildman–Crippen LogP) is 1.26. The van der Waals surface area contributed by atoms with Crippen LogP contribution in [0.2, 0.25) is 0 Å². The van der Waals surface area contributed by atoms with Crippen molar-refractivity contribution in [2.45, 2.75) is 6.04 Å². The minimum Gasteiger partial charge on any atom is -0.300 e. The molecule has 0 N–H and O–H groups in total. The van der Waals surface area contributed by atoms with Crippen molar-refractivity contribution in [1.29, 1.82) is 0 Å². The number of hydrogen-bond donors (Lipinski definition) is 0. The Morgan fingerprint density at radius 2 is 2.62 bits per heavy atom. The topological polar surface area (TPSA) is 41.8 Å². The summed E-state index contributed by atoms with van der Waals surface area (Å²) in [5.74, 6) is 0. The quantitative estimate of drug-likeness (QED) is 0.553. The van der Waals surface area contributed by atoms with E-state index in [1.54, 1.807) is 0 Å². The molecule has 0 aromatic carbocycles. The molecule has 0 radical (unpaired) electrons. The molecule has 1 rings (SSSR count). The van der Waals surface area contributed by atoms with Crippen molar-refractivity contribution in [1.82, 2.24) is 0 Å². The Kier molecular flexibility index (Phi) is 1.53. The summed E-state index contributed by atoms with van der Waals surface area (Å²) in [6.07, 6.45) is 2.25. The Morgan fingerprint density at radius 3 is 2.88 bits per heavy atom. The molecule has 1 aliphatic heterocycles. The summed E-state index contributed by atoms with van der Waals surface area (Å²) >= 11 is 3.11. The first-order chi connectivity index (χ1) is 3.84. The lowest BCUT2D eigenvalue weighted by Gasteiger charge is -1.89. The van der Waals surface area contributed by atoms with Crippen LogP contribution in [0.25, 0.3) is 0 Å². The van der Waals surface area contributed by atoms with Gasteiger partial charge in [-0.15, -0.1) is 0 Å². The third-order valence-electron chi connectivity index (χ3n) is 0.784. The number of halogens is 1. The van der Waals surface area contributed by atoms with Gasteiger partial charge in [-0.3, -0.25) is 0 Å². The van der Waals surface area contributed by atoms with Crippen LogP contribution in [0.15, 0.2) is 20.9 Å². The lowest BCUT2D eigenvalue weighted by molar-refractivity contribution is -0.108. The van der Waals surface area contributed by atoms with Gasteiger partial charge in [0.05, 0.1) is 6.20 Å². The Bertz CT molecular complexity index is 163. The number of azo groups is 1. The van der Waals surface area contributed by atoms with Crippen LogP contribution in [0.3, 0.4) is 0 Å². The van der Waals surface area contributed by atoms with Gasteiger partial charge in [-0.05, 0) is 0 Å². The van der Waals surface area contributed by atoms with Gasteiger partial charge in [-0.25, -0.2) is 0 Å². The third kappa shape index (κ3) is 0.838. The maximum Gasteiger partial charge on any atom is 0.159 e. The molecule has 1 heterocycles. The molecule has 0 aromatic heterocycles. The number of carbonyl (C=O) groups excluding carboxylic acids is 1. The van der Waals surface area contributed by atoms with Gasteiger partial charge in [0.15, 0.2) is 12.3 Å². The lowest BCUT2D eigenvalue weighted by atomic mass is 10.4. The van der Waals surface area contributed by atoms with Crippen LogP contribution < -0.4 is 0 Å². The minimum atomic E-state index is -0.380. The second-order valence-electron chi connectivity index (χ2n) is 1.33. The molecular weight excluding hydrogens is 172 g/mol. The van der Waals surface area contributed by atoms with Gasteiger partial charge in [0, 0.05) is 4.48 Å². The van der Waals surface area contributed by atoms with Gasteiger partial charge in [0.25, 0.3) is 0 Å². The second-order valence-corrected chi connectivity index (χ2v) is 2.24. The van der Waals surface area contributed by atoms with Gasteiger partial charge < -0.3 is 4.79 Å². The van der Waals surface area contributed by atoms with Crippen molar-refractivity contribution >= 4 is 22.2 Å². The Hall–Kier alpha value is -0.510. The van der Waals surface area contributed by atoms with E-state index in [9.17, 15) is 4.79 Å². The Labute approximate surface area is 54.6 Å². The van der Waals surface area contributed by atoms with E-state index in [4.69, 9.17) is 0 Å². The average Bonchev–Trinajstić information content (AvgIpc) is 2.14. The van der Waals surface area contributed by atoms with Crippen LogP contribution in [-0.2, 0) is 4.79 Å². The molecule has 8 heavy (non-hydrogen) atoms. The fourth-order valence-corrected chi connectivity index (χ4v) is 0.675. The highest BCUT2D eigenvalue weighted by Gasteiger charge is 2.12.